The molecule has 0 unspecified atom stereocenters. The van der Waals surface area contributed by atoms with Gasteiger partial charge in [0.2, 0.25) is 5.78 Å². The minimum Gasteiger partial charge on any atom is -0.287 e. The minimum atomic E-state index is 0.137. The summed E-state index contributed by atoms with van der Waals surface area (Å²) < 4.78 is 4.19. The second kappa shape index (κ2) is 7.94. The van der Waals surface area contributed by atoms with Crippen molar-refractivity contribution in [1.29, 1.82) is 0 Å². The summed E-state index contributed by atoms with van der Waals surface area (Å²) in [5.74, 6) is 2.26. The standard InChI is InChI=1S/C25H28N3O/c29-24(20-12-6-2-7-13-20)25-27-22(18-19-10-4-1-5-11-19)16-17-23(27)26-28(25)21-14-8-3-9-15-21/h1,3-5,8-11,14-15,20,22H,2,6-7,12-13,16-18H2/q+1/t22-/m1/s1. The van der Waals surface area contributed by atoms with Crippen molar-refractivity contribution in [2.24, 2.45) is 5.92 Å². The average molecular weight is 387 g/mol. The van der Waals surface area contributed by atoms with E-state index in [2.05, 4.69) is 34.9 Å². The number of fused-ring (bicyclic) bond motifs is 1. The first kappa shape index (κ1) is 18.3. The highest BCUT2D eigenvalue weighted by molar-refractivity contribution is 5.94. The summed E-state index contributed by atoms with van der Waals surface area (Å²) in [4.78, 5) is 13.7. The van der Waals surface area contributed by atoms with E-state index in [1.165, 1.54) is 12.0 Å². The molecule has 4 heteroatoms. The molecule has 1 aromatic heterocycles. The highest BCUT2D eigenvalue weighted by Gasteiger charge is 2.42. The molecular weight excluding hydrogens is 358 g/mol. The molecule has 0 spiro atoms. The lowest BCUT2D eigenvalue weighted by molar-refractivity contribution is -0.718. The molecule has 2 aromatic carbocycles. The van der Waals surface area contributed by atoms with Crippen LogP contribution in [0.3, 0.4) is 0 Å². The zero-order valence-corrected chi connectivity index (χ0v) is 16.8. The summed E-state index contributed by atoms with van der Waals surface area (Å²) >= 11 is 0. The first-order chi connectivity index (χ1) is 14.3. The molecule has 1 aliphatic heterocycles. The van der Waals surface area contributed by atoms with Gasteiger partial charge in [0, 0.05) is 23.9 Å². The van der Waals surface area contributed by atoms with Crippen molar-refractivity contribution in [3.8, 4) is 5.69 Å². The van der Waals surface area contributed by atoms with Crippen LogP contribution in [0.1, 0.15) is 66.6 Å². The topological polar surface area (TPSA) is 38.8 Å². The van der Waals surface area contributed by atoms with Gasteiger partial charge in [0.05, 0.1) is 6.04 Å². The fourth-order valence-corrected chi connectivity index (χ4v) is 5.01. The van der Waals surface area contributed by atoms with Gasteiger partial charge in [-0.05, 0) is 37.0 Å². The van der Waals surface area contributed by atoms with E-state index in [1.807, 2.05) is 35.0 Å². The normalized spacial score (nSPS) is 19.2. The number of hydrogen-bond donors (Lipinski definition) is 0. The Labute approximate surface area is 172 Å². The Morgan fingerprint density at radius 1 is 0.931 bits per heavy atom. The smallest absolute Gasteiger partial charge is 0.287 e. The Balaban J connectivity index is 1.57. The maximum Gasteiger partial charge on any atom is 0.310 e. The summed E-state index contributed by atoms with van der Waals surface area (Å²) in [7, 11) is 0. The largest absolute Gasteiger partial charge is 0.310 e. The van der Waals surface area contributed by atoms with E-state index in [0.29, 0.717) is 6.04 Å². The quantitative estimate of drug-likeness (QED) is 0.473. The van der Waals surface area contributed by atoms with Crippen LogP contribution >= 0.6 is 0 Å². The lowest BCUT2D eigenvalue weighted by atomic mass is 9.86. The van der Waals surface area contributed by atoms with Crippen LogP contribution < -0.4 is 4.57 Å². The molecule has 0 amide bonds. The number of carbonyl (C=O) groups is 1. The van der Waals surface area contributed by atoms with Crippen molar-refractivity contribution in [1.82, 2.24) is 9.78 Å². The van der Waals surface area contributed by atoms with Gasteiger partial charge >= 0.3 is 5.82 Å². The molecule has 148 valence electrons. The number of Topliss-reactive ketones (excluding diaryl/α,β-unsaturated/α-hetero) is 1. The number of nitrogens with zero attached hydrogens (tertiary/aromatic N) is 3. The summed E-state index contributed by atoms with van der Waals surface area (Å²) in [6.45, 7) is 0. The predicted molar refractivity (Wildman–Crippen MR) is 112 cm³/mol. The van der Waals surface area contributed by atoms with Crippen LogP contribution in [-0.4, -0.2) is 15.6 Å². The molecule has 29 heavy (non-hydrogen) atoms. The van der Waals surface area contributed by atoms with E-state index in [9.17, 15) is 4.79 Å². The molecule has 2 aliphatic rings. The second-order valence-corrected chi connectivity index (χ2v) is 8.44. The molecule has 2 heterocycles. The highest BCUT2D eigenvalue weighted by Crippen LogP contribution is 2.29. The van der Waals surface area contributed by atoms with E-state index in [0.717, 1.165) is 62.3 Å². The van der Waals surface area contributed by atoms with Crippen molar-refractivity contribution in [2.45, 2.75) is 57.4 Å². The van der Waals surface area contributed by atoms with E-state index in [1.54, 1.807) is 0 Å². The second-order valence-electron chi connectivity index (χ2n) is 8.44. The number of carbonyl (C=O) groups excluding carboxylic acids is 1. The van der Waals surface area contributed by atoms with Crippen LogP contribution in [0.15, 0.2) is 60.7 Å². The molecule has 1 atom stereocenters. The van der Waals surface area contributed by atoms with Crippen molar-refractivity contribution < 1.29 is 9.36 Å². The number of ketones is 1. The zero-order chi connectivity index (χ0) is 19.6. The molecular formula is C25H28N3O+. The lowest BCUT2D eigenvalue weighted by Gasteiger charge is -2.20. The Morgan fingerprint density at radius 3 is 2.34 bits per heavy atom. The van der Waals surface area contributed by atoms with E-state index < -0.39 is 0 Å². The van der Waals surface area contributed by atoms with Gasteiger partial charge in [-0.3, -0.25) is 4.79 Å². The van der Waals surface area contributed by atoms with Gasteiger partial charge in [0.25, 0.3) is 5.82 Å². The van der Waals surface area contributed by atoms with Crippen molar-refractivity contribution in [3.63, 3.8) is 0 Å². The van der Waals surface area contributed by atoms with Gasteiger partial charge in [-0.1, -0.05) is 72.5 Å². The van der Waals surface area contributed by atoms with Gasteiger partial charge in [-0.25, -0.2) is 4.57 Å². The third-order valence-corrected chi connectivity index (χ3v) is 6.50. The van der Waals surface area contributed by atoms with Gasteiger partial charge in [-0.15, -0.1) is 0 Å². The van der Waals surface area contributed by atoms with Crippen LogP contribution in [0.2, 0.25) is 0 Å². The Hall–Kier alpha value is -2.75. The number of hydrogen-bond acceptors (Lipinski definition) is 2. The lowest BCUT2D eigenvalue weighted by Crippen LogP contribution is -2.45. The molecule has 4 nitrogen and oxygen atoms in total. The van der Waals surface area contributed by atoms with Crippen LogP contribution in [0.4, 0.5) is 0 Å². The molecule has 0 N–H and O–H groups in total. The zero-order valence-electron chi connectivity index (χ0n) is 16.8. The molecule has 0 radical (unpaired) electrons. The van der Waals surface area contributed by atoms with Crippen LogP contribution in [-0.2, 0) is 12.8 Å². The van der Waals surface area contributed by atoms with E-state index in [4.69, 9.17) is 5.10 Å². The van der Waals surface area contributed by atoms with Crippen LogP contribution in [0.25, 0.3) is 5.69 Å². The van der Waals surface area contributed by atoms with Crippen LogP contribution in [0, 0.1) is 5.92 Å². The molecule has 0 saturated heterocycles. The molecule has 3 aromatic rings. The maximum atomic E-state index is 13.7. The van der Waals surface area contributed by atoms with Crippen molar-refractivity contribution in [2.75, 3.05) is 0 Å². The number of rotatable bonds is 5. The van der Waals surface area contributed by atoms with Gasteiger partial charge in [-0.2, -0.15) is 0 Å². The summed E-state index contributed by atoms with van der Waals surface area (Å²) in [6, 6.07) is 21.1. The molecule has 5 rings (SSSR count). The van der Waals surface area contributed by atoms with Gasteiger partial charge in [0.1, 0.15) is 5.69 Å². The number of benzene rings is 2. The Morgan fingerprint density at radius 2 is 1.62 bits per heavy atom. The fraction of sp³-hybridized carbons (Fsp3) is 0.400. The molecule has 1 saturated carbocycles. The number of aryl methyl sites for hydroxylation is 1. The third-order valence-electron chi connectivity index (χ3n) is 6.50. The fourth-order valence-electron chi connectivity index (χ4n) is 5.01. The number of para-hydroxylation sites is 1. The summed E-state index contributed by atoms with van der Waals surface area (Å²) in [6.07, 6.45) is 8.54. The maximum absolute atomic E-state index is 13.7. The molecule has 1 fully saturated rings. The Bertz CT molecular complexity index is 988. The first-order valence-electron chi connectivity index (χ1n) is 11.0. The van der Waals surface area contributed by atoms with Crippen LogP contribution in [0.5, 0.6) is 0 Å². The Kier molecular flexibility index (Phi) is 5.01. The monoisotopic (exact) mass is 386 g/mol. The third kappa shape index (κ3) is 3.52. The first-order valence-corrected chi connectivity index (χ1v) is 11.0. The highest BCUT2D eigenvalue weighted by atomic mass is 16.1. The minimum absolute atomic E-state index is 0.137. The van der Waals surface area contributed by atoms with Crippen molar-refractivity contribution >= 4 is 5.78 Å². The number of aromatic nitrogens is 3. The molecule has 0 bridgehead atoms. The molecule has 1 aliphatic carbocycles. The summed E-state index contributed by atoms with van der Waals surface area (Å²) in [5.41, 5.74) is 2.30. The van der Waals surface area contributed by atoms with E-state index >= 15 is 0 Å². The van der Waals surface area contributed by atoms with Gasteiger partial charge in [0.15, 0.2) is 0 Å². The van der Waals surface area contributed by atoms with E-state index in [-0.39, 0.29) is 11.7 Å². The summed E-state index contributed by atoms with van der Waals surface area (Å²) in [5, 5.41) is 4.93. The van der Waals surface area contributed by atoms with Gasteiger partial charge < -0.3 is 0 Å². The van der Waals surface area contributed by atoms with Crippen molar-refractivity contribution in [3.05, 3.63) is 77.9 Å². The average Bonchev–Trinajstić information content (AvgIpc) is 3.35. The SMILES string of the molecule is O=C(c1n(-c2ccccc2)nc2[n+]1[C@@H](Cc1ccccc1)CC2)C1CCCCC1. The predicted octanol–water partition coefficient (Wildman–Crippen LogP) is 4.65.